The Morgan fingerprint density at radius 1 is 1.50 bits per heavy atom. The van der Waals surface area contributed by atoms with Crippen LogP contribution in [0.1, 0.15) is 0 Å². The minimum atomic E-state index is -4.65. The van der Waals surface area contributed by atoms with Gasteiger partial charge in [0, 0.05) is 6.20 Å². The number of alkyl halides is 2. The van der Waals surface area contributed by atoms with Crippen LogP contribution in [-0.2, 0) is 10.0 Å². The highest BCUT2D eigenvalue weighted by Gasteiger charge is 2.24. The van der Waals surface area contributed by atoms with Crippen LogP contribution < -0.4 is 4.72 Å². The quantitative estimate of drug-likeness (QED) is 0.922. The lowest BCUT2D eigenvalue weighted by Crippen LogP contribution is -2.21. The van der Waals surface area contributed by atoms with E-state index in [1.165, 1.54) is 18.3 Å². The molecule has 0 fully saturated rings. The highest BCUT2D eigenvalue weighted by molar-refractivity contribution is 9.10. The Hall–Kier alpha value is -0.760. The number of rotatable bonds is 3. The van der Waals surface area contributed by atoms with Crippen LogP contribution in [0, 0.1) is 0 Å². The Labute approximate surface area is 87.5 Å². The van der Waals surface area contributed by atoms with Crippen LogP contribution in [0.5, 0.6) is 0 Å². The van der Waals surface area contributed by atoms with Gasteiger partial charge in [-0.15, -0.1) is 0 Å². The van der Waals surface area contributed by atoms with Gasteiger partial charge in [0.05, 0.1) is 4.47 Å². The van der Waals surface area contributed by atoms with Gasteiger partial charge in [-0.25, -0.2) is 13.4 Å². The van der Waals surface area contributed by atoms with Crippen molar-refractivity contribution in [3.63, 3.8) is 0 Å². The molecule has 0 amide bonds. The molecule has 0 saturated heterocycles. The third-order valence-corrected chi connectivity index (χ3v) is 2.82. The summed E-state index contributed by atoms with van der Waals surface area (Å²) in [4.78, 5) is 3.58. The first-order valence-corrected chi connectivity index (χ1v) is 5.68. The van der Waals surface area contributed by atoms with Crippen molar-refractivity contribution in [3.05, 3.63) is 22.8 Å². The number of sulfonamides is 1. The van der Waals surface area contributed by atoms with Crippen LogP contribution >= 0.6 is 15.9 Å². The van der Waals surface area contributed by atoms with E-state index in [1.807, 2.05) is 0 Å². The number of anilines is 1. The summed E-state index contributed by atoms with van der Waals surface area (Å²) in [6.07, 6.45) is 1.29. The van der Waals surface area contributed by atoms with Crippen molar-refractivity contribution in [2.24, 2.45) is 0 Å². The van der Waals surface area contributed by atoms with Crippen molar-refractivity contribution < 1.29 is 17.2 Å². The average Bonchev–Trinajstić information content (AvgIpc) is 2.08. The summed E-state index contributed by atoms with van der Waals surface area (Å²) in [6.45, 7) is 0. The van der Waals surface area contributed by atoms with E-state index < -0.39 is 15.8 Å². The van der Waals surface area contributed by atoms with Crippen molar-refractivity contribution in [2.75, 3.05) is 4.72 Å². The molecule has 1 N–H and O–H groups in total. The van der Waals surface area contributed by atoms with E-state index in [4.69, 9.17) is 0 Å². The van der Waals surface area contributed by atoms with E-state index in [2.05, 4.69) is 20.9 Å². The fraction of sp³-hybridized carbons (Fsp3) is 0.167. The Kier molecular flexibility index (Phi) is 3.38. The van der Waals surface area contributed by atoms with E-state index in [1.54, 1.807) is 4.72 Å². The van der Waals surface area contributed by atoms with Crippen LogP contribution in [0.4, 0.5) is 14.6 Å². The molecule has 0 aliphatic rings. The van der Waals surface area contributed by atoms with Gasteiger partial charge >= 0.3 is 5.76 Å². The summed E-state index contributed by atoms with van der Waals surface area (Å²) in [5, 5.41) is 0. The third kappa shape index (κ3) is 2.61. The van der Waals surface area contributed by atoms with Crippen LogP contribution in [0.3, 0.4) is 0 Å². The predicted octanol–water partition coefficient (Wildman–Crippen LogP) is 1.81. The second-order valence-electron chi connectivity index (χ2n) is 2.24. The van der Waals surface area contributed by atoms with Crippen molar-refractivity contribution >= 4 is 31.8 Å². The lowest BCUT2D eigenvalue weighted by Gasteiger charge is -2.06. The van der Waals surface area contributed by atoms with Gasteiger partial charge in [-0.1, -0.05) is 0 Å². The number of pyridine rings is 1. The lowest BCUT2D eigenvalue weighted by molar-refractivity contribution is 0.236. The number of halogens is 3. The third-order valence-electron chi connectivity index (χ3n) is 1.23. The van der Waals surface area contributed by atoms with Gasteiger partial charge in [0.1, 0.15) is 0 Å². The highest BCUT2D eigenvalue weighted by atomic mass is 79.9. The first-order chi connectivity index (χ1) is 6.43. The van der Waals surface area contributed by atoms with Crippen LogP contribution in [-0.4, -0.2) is 19.2 Å². The molecule has 0 unspecified atom stereocenters. The Morgan fingerprint density at radius 2 is 2.14 bits per heavy atom. The van der Waals surface area contributed by atoms with Gasteiger partial charge in [0.25, 0.3) is 10.0 Å². The molecule has 1 aromatic heterocycles. The first kappa shape index (κ1) is 11.3. The average molecular weight is 287 g/mol. The maximum Gasteiger partial charge on any atom is 0.355 e. The minimum absolute atomic E-state index is 0.159. The molecule has 0 aliphatic carbocycles. The molecular formula is C6H5BrF2N2O2S. The largest absolute Gasteiger partial charge is 0.355 e. The molecule has 0 atom stereocenters. The summed E-state index contributed by atoms with van der Waals surface area (Å²) < 4.78 is 47.3. The maximum atomic E-state index is 11.9. The standard InChI is InChI=1S/C6H5BrF2N2O2S/c7-4-2-1-3-10-5(4)11-14(12,13)6(8)9/h1-3,6H,(H,10,11). The molecule has 0 radical (unpaired) electrons. The molecule has 0 bridgehead atoms. The summed E-state index contributed by atoms with van der Waals surface area (Å²) in [5.74, 6) is -3.63. The van der Waals surface area contributed by atoms with Gasteiger partial charge in [-0.2, -0.15) is 8.78 Å². The Morgan fingerprint density at radius 3 is 2.64 bits per heavy atom. The predicted molar refractivity (Wildman–Crippen MR) is 50.5 cm³/mol. The summed E-state index contributed by atoms with van der Waals surface area (Å²) in [6, 6.07) is 3.01. The molecule has 0 aliphatic heterocycles. The number of aromatic nitrogens is 1. The molecule has 0 saturated carbocycles. The van der Waals surface area contributed by atoms with Crippen molar-refractivity contribution in [2.45, 2.75) is 5.76 Å². The van der Waals surface area contributed by atoms with Gasteiger partial charge < -0.3 is 0 Å². The maximum absolute atomic E-state index is 11.9. The first-order valence-electron chi connectivity index (χ1n) is 3.34. The van der Waals surface area contributed by atoms with Gasteiger partial charge in [0.15, 0.2) is 5.82 Å². The van der Waals surface area contributed by atoms with E-state index in [0.717, 1.165) is 0 Å². The molecule has 78 valence electrons. The SMILES string of the molecule is O=S(=O)(Nc1ncccc1Br)C(F)F. The van der Waals surface area contributed by atoms with Crippen LogP contribution in [0.15, 0.2) is 22.8 Å². The van der Waals surface area contributed by atoms with Gasteiger partial charge in [-0.05, 0) is 28.1 Å². The van der Waals surface area contributed by atoms with E-state index >= 15 is 0 Å². The highest BCUT2D eigenvalue weighted by Crippen LogP contribution is 2.20. The molecule has 1 rings (SSSR count). The number of hydrogen-bond acceptors (Lipinski definition) is 3. The van der Waals surface area contributed by atoms with Crippen molar-refractivity contribution in [3.8, 4) is 0 Å². The molecule has 1 heterocycles. The number of hydrogen-bond donors (Lipinski definition) is 1. The molecule has 4 nitrogen and oxygen atoms in total. The Bertz CT molecular complexity index is 424. The Balaban J connectivity index is 2.96. The van der Waals surface area contributed by atoms with Crippen molar-refractivity contribution in [1.29, 1.82) is 0 Å². The van der Waals surface area contributed by atoms with Gasteiger partial charge in [-0.3, -0.25) is 4.72 Å². The summed E-state index contributed by atoms with van der Waals surface area (Å²) >= 11 is 2.96. The summed E-state index contributed by atoms with van der Waals surface area (Å²) in [5.41, 5.74) is 0. The minimum Gasteiger partial charge on any atom is -0.262 e. The monoisotopic (exact) mass is 286 g/mol. The second kappa shape index (κ2) is 4.18. The molecule has 0 aromatic carbocycles. The normalized spacial score (nSPS) is 11.7. The topological polar surface area (TPSA) is 59.1 Å². The fourth-order valence-corrected chi connectivity index (χ4v) is 1.65. The van der Waals surface area contributed by atoms with Crippen LogP contribution in [0.2, 0.25) is 0 Å². The zero-order chi connectivity index (χ0) is 10.8. The van der Waals surface area contributed by atoms with Crippen molar-refractivity contribution in [1.82, 2.24) is 4.98 Å². The van der Waals surface area contributed by atoms with E-state index in [9.17, 15) is 17.2 Å². The molecule has 14 heavy (non-hydrogen) atoms. The molecular weight excluding hydrogens is 282 g/mol. The number of nitrogens with zero attached hydrogens (tertiary/aromatic N) is 1. The fourth-order valence-electron chi connectivity index (χ4n) is 0.640. The lowest BCUT2D eigenvalue weighted by atomic mass is 10.5. The smallest absolute Gasteiger partial charge is 0.262 e. The zero-order valence-electron chi connectivity index (χ0n) is 6.62. The van der Waals surface area contributed by atoms with Crippen LogP contribution in [0.25, 0.3) is 0 Å². The zero-order valence-corrected chi connectivity index (χ0v) is 9.02. The molecule has 1 aromatic rings. The molecule has 0 spiro atoms. The number of nitrogens with one attached hydrogen (secondary N) is 1. The second-order valence-corrected chi connectivity index (χ2v) is 4.75. The van der Waals surface area contributed by atoms with E-state index in [-0.39, 0.29) is 5.82 Å². The van der Waals surface area contributed by atoms with E-state index in [0.29, 0.717) is 4.47 Å². The van der Waals surface area contributed by atoms with Gasteiger partial charge in [0.2, 0.25) is 0 Å². The molecule has 8 heteroatoms. The summed E-state index contributed by atoms with van der Waals surface area (Å²) in [7, 11) is -4.65.